The molecule has 4 nitrogen and oxygen atoms in total. The van der Waals surface area contributed by atoms with E-state index in [0.717, 1.165) is 12.8 Å². The SMILES string of the molecule is CC12CCC3(OCCO3)C(C)(C)C1=CCNC2=O. The van der Waals surface area contributed by atoms with Gasteiger partial charge in [-0.15, -0.1) is 0 Å². The van der Waals surface area contributed by atoms with Gasteiger partial charge in [-0.25, -0.2) is 0 Å². The number of hydrogen-bond acceptors (Lipinski definition) is 3. The van der Waals surface area contributed by atoms with E-state index in [9.17, 15) is 4.79 Å². The van der Waals surface area contributed by atoms with Crippen LogP contribution in [0.3, 0.4) is 0 Å². The third-order valence-electron chi connectivity index (χ3n) is 5.00. The van der Waals surface area contributed by atoms with E-state index >= 15 is 0 Å². The fourth-order valence-corrected chi connectivity index (χ4v) is 3.87. The van der Waals surface area contributed by atoms with Crippen LogP contribution in [0.4, 0.5) is 0 Å². The standard InChI is InChI=1S/C14H21NO3/c1-12(2)10-4-7-15-11(16)13(10,3)5-6-14(12)17-8-9-18-14/h4H,5-9H2,1-3H3,(H,15,16). The summed E-state index contributed by atoms with van der Waals surface area (Å²) in [7, 11) is 0. The van der Waals surface area contributed by atoms with Crippen LogP contribution < -0.4 is 5.32 Å². The van der Waals surface area contributed by atoms with Crippen molar-refractivity contribution in [3.8, 4) is 0 Å². The van der Waals surface area contributed by atoms with Gasteiger partial charge in [-0.1, -0.05) is 19.9 Å². The zero-order valence-corrected chi connectivity index (χ0v) is 11.3. The zero-order chi connectivity index (χ0) is 13.0. The smallest absolute Gasteiger partial charge is 0.230 e. The van der Waals surface area contributed by atoms with E-state index in [0.29, 0.717) is 19.8 Å². The van der Waals surface area contributed by atoms with Crippen molar-refractivity contribution in [2.75, 3.05) is 19.8 Å². The van der Waals surface area contributed by atoms with Crippen LogP contribution in [0.5, 0.6) is 0 Å². The molecule has 0 aromatic carbocycles. The van der Waals surface area contributed by atoms with Gasteiger partial charge < -0.3 is 14.8 Å². The molecule has 100 valence electrons. The Hall–Kier alpha value is -0.870. The Morgan fingerprint density at radius 3 is 2.50 bits per heavy atom. The Kier molecular flexibility index (Phi) is 2.42. The monoisotopic (exact) mass is 251 g/mol. The van der Waals surface area contributed by atoms with E-state index in [2.05, 4.69) is 25.2 Å². The van der Waals surface area contributed by atoms with E-state index in [1.165, 1.54) is 5.57 Å². The molecule has 0 aromatic rings. The number of hydrogen-bond donors (Lipinski definition) is 1. The van der Waals surface area contributed by atoms with Crippen molar-refractivity contribution in [1.82, 2.24) is 5.32 Å². The van der Waals surface area contributed by atoms with Crippen molar-refractivity contribution >= 4 is 5.91 Å². The predicted octanol–water partition coefficient (Wildman–Crippen LogP) is 1.61. The van der Waals surface area contributed by atoms with Gasteiger partial charge in [0.05, 0.1) is 18.6 Å². The molecule has 2 heterocycles. The minimum Gasteiger partial charge on any atom is -0.352 e. The highest BCUT2D eigenvalue weighted by molar-refractivity contribution is 5.87. The summed E-state index contributed by atoms with van der Waals surface area (Å²) in [6.45, 7) is 8.24. The average molecular weight is 251 g/mol. The Morgan fingerprint density at radius 2 is 1.83 bits per heavy atom. The molecule has 2 fully saturated rings. The number of nitrogens with one attached hydrogen (secondary N) is 1. The van der Waals surface area contributed by atoms with Gasteiger partial charge in [0, 0.05) is 18.4 Å². The van der Waals surface area contributed by atoms with Crippen molar-refractivity contribution in [1.29, 1.82) is 0 Å². The van der Waals surface area contributed by atoms with Crippen LogP contribution in [0.15, 0.2) is 11.6 Å². The van der Waals surface area contributed by atoms with Crippen molar-refractivity contribution in [2.24, 2.45) is 10.8 Å². The van der Waals surface area contributed by atoms with Crippen LogP contribution >= 0.6 is 0 Å². The molecule has 1 amide bonds. The minimum absolute atomic E-state index is 0.140. The van der Waals surface area contributed by atoms with Crippen LogP contribution in [0.25, 0.3) is 0 Å². The quantitative estimate of drug-likeness (QED) is 0.665. The van der Waals surface area contributed by atoms with Crippen molar-refractivity contribution in [3.63, 3.8) is 0 Å². The van der Waals surface area contributed by atoms with Crippen molar-refractivity contribution < 1.29 is 14.3 Å². The minimum atomic E-state index is -0.532. The first kappa shape index (κ1) is 12.2. The molecule has 18 heavy (non-hydrogen) atoms. The maximum Gasteiger partial charge on any atom is 0.230 e. The summed E-state index contributed by atoms with van der Waals surface area (Å²) in [6.07, 6.45) is 3.71. The first-order valence-corrected chi connectivity index (χ1v) is 6.70. The van der Waals surface area contributed by atoms with Gasteiger partial charge in [0.15, 0.2) is 5.79 Å². The summed E-state index contributed by atoms with van der Waals surface area (Å²) < 4.78 is 11.9. The van der Waals surface area contributed by atoms with E-state index in [-0.39, 0.29) is 11.3 Å². The maximum atomic E-state index is 12.2. The van der Waals surface area contributed by atoms with Gasteiger partial charge in [0.2, 0.25) is 5.91 Å². The Balaban J connectivity index is 2.07. The number of rotatable bonds is 0. The third kappa shape index (κ3) is 1.30. The van der Waals surface area contributed by atoms with Gasteiger partial charge in [0.1, 0.15) is 0 Å². The summed E-state index contributed by atoms with van der Waals surface area (Å²) >= 11 is 0. The number of ether oxygens (including phenoxy) is 2. The third-order valence-corrected chi connectivity index (χ3v) is 5.00. The normalized spacial score (nSPS) is 37.1. The molecule has 1 atom stereocenters. The summed E-state index contributed by atoms with van der Waals surface area (Å²) in [5.41, 5.74) is 0.517. The lowest BCUT2D eigenvalue weighted by Crippen LogP contribution is -2.59. The van der Waals surface area contributed by atoms with Crippen LogP contribution in [0.1, 0.15) is 33.6 Å². The maximum absolute atomic E-state index is 12.2. The van der Waals surface area contributed by atoms with Gasteiger partial charge in [-0.3, -0.25) is 4.79 Å². The van der Waals surface area contributed by atoms with Crippen LogP contribution in [0.2, 0.25) is 0 Å². The first-order valence-electron chi connectivity index (χ1n) is 6.70. The van der Waals surface area contributed by atoms with Crippen LogP contribution in [-0.2, 0) is 14.3 Å². The van der Waals surface area contributed by atoms with Gasteiger partial charge >= 0.3 is 0 Å². The average Bonchev–Trinajstić information content (AvgIpc) is 2.79. The summed E-state index contributed by atoms with van der Waals surface area (Å²) in [5.74, 6) is -0.392. The Labute approximate surface area is 108 Å². The number of amides is 1. The van der Waals surface area contributed by atoms with E-state index < -0.39 is 11.2 Å². The molecule has 1 unspecified atom stereocenters. The number of carbonyl (C=O) groups excluding carboxylic acids is 1. The summed E-state index contributed by atoms with van der Waals surface area (Å²) in [4.78, 5) is 12.2. The van der Waals surface area contributed by atoms with Crippen molar-refractivity contribution in [3.05, 3.63) is 11.6 Å². The molecule has 4 heteroatoms. The molecule has 1 saturated carbocycles. The molecule has 1 aliphatic carbocycles. The van der Waals surface area contributed by atoms with E-state index in [4.69, 9.17) is 9.47 Å². The van der Waals surface area contributed by atoms with Gasteiger partial charge in [0.25, 0.3) is 0 Å². The molecular weight excluding hydrogens is 230 g/mol. The highest BCUT2D eigenvalue weighted by Gasteiger charge is 2.61. The second-order valence-electron chi connectivity index (χ2n) is 6.23. The predicted molar refractivity (Wildman–Crippen MR) is 66.8 cm³/mol. The molecule has 0 radical (unpaired) electrons. The van der Waals surface area contributed by atoms with Gasteiger partial charge in [-0.05, 0) is 18.9 Å². The van der Waals surface area contributed by atoms with Crippen molar-refractivity contribution in [2.45, 2.75) is 39.4 Å². The second kappa shape index (κ2) is 3.58. The molecule has 1 saturated heterocycles. The molecule has 0 aromatic heterocycles. The fraction of sp³-hybridized carbons (Fsp3) is 0.786. The molecule has 3 aliphatic rings. The highest BCUT2D eigenvalue weighted by atomic mass is 16.7. The molecule has 2 aliphatic heterocycles. The summed E-state index contributed by atoms with van der Waals surface area (Å²) in [6, 6.07) is 0. The largest absolute Gasteiger partial charge is 0.352 e. The lowest BCUT2D eigenvalue weighted by atomic mass is 9.56. The molecule has 3 rings (SSSR count). The Bertz CT molecular complexity index is 421. The lowest BCUT2D eigenvalue weighted by molar-refractivity contribution is -0.238. The summed E-state index contributed by atoms with van der Waals surface area (Å²) in [5, 5.41) is 2.94. The van der Waals surface area contributed by atoms with Crippen LogP contribution in [0, 0.1) is 10.8 Å². The highest BCUT2D eigenvalue weighted by Crippen LogP contribution is 2.58. The van der Waals surface area contributed by atoms with Crippen LogP contribution in [-0.4, -0.2) is 31.5 Å². The van der Waals surface area contributed by atoms with E-state index in [1.54, 1.807) is 0 Å². The zero-order valence-electron chi connectivity index (χ0n) is 11.3. The molecule has 0 bridgehead atoms. The van der Waals surface area contributed by atoms with Gasteiger partial charge in [-0.2, -0.15) is 0 Å². The fourth-order valence-electron chi connectivity index (χ4n) is 3.87. The topological polar surface area (TPSA) is 47.6 Å². The molecule has 1 spiro atoms. The van der Waals surface area contributed by atoms with E-state index in [1.807, 2.05) is 6.92 Å². The second-order valence-corrected chi connectivity index (χ2v) is 6.23. The lowest BCUT2D eigenvalue weighted by Gasteiger charge is -2.54. The molecular formula is C14H21NO3. The number of carbonyl (C=O) groups is 1. The Morgan fingerprint density at radius 1 is 1.17 bits per heavy atom. The number of fused-ring (bicyclic) bond motifs is 1. The first-order chi connectivity index (χ1) is 8.42. The molecule has 1 N–H and O–H groups in total.